The molecular weight excluding hydrogens is 274 g/mol. The largest absolute Gasteiger partial charge is 0.480 e. The maximum atomic E-state index is 11.7. The molecule has 0 aromatic heterocycles. The third kappa shape index (κ3) is 5.00. The number of hydrogen-bond donors (Lipinski definition) is 4. The summed E-state index contributed by atoms with van der Waals surface area (Å²) in [4.78, 5) is 34.6. The lowest BCUT2D eigenvalue weighted by atomic mass is 9.93. The molecule has 1 fully saturated rings. The standard InChI is InChI=1S/C14H25N3O4/c1-3-14(4-2,12(19)20)15-9-11(18)17-13(21)16-10-7-5-6-8-10/h10,15H,3-9H2,1-2H3,(H,19,20)(H2,16,17,18,21). The topological polar surface area (TPSA) is 108 Å². The van der Waals surface area contributed by atoms with Crippen molar-refractivity contribution in [2.24, 2.45) is 0 Å². The van der Waals surface area contributed by atoms with Gasteiger partial charge >= 0.3 is 12.0 Å². The number of carboxylic acids is 1. The van der Waals surface area contributed by atoms with Gasteiger partial charge in [0, 0.05) is 6.04 Å². The summed E-state index contributed by atoms with van der Waals surface area (Å²) in [7, 11) is 0. The molecule has 0 aromatic carbocycles. The third-order valence-electron chi connectivity index (χ3n) is 4.15. The lowest BCUT2D eigenvalue weighted by molar-refractivity contribution is -0.145. The van der Waals surface area contributed by atoms with Gasteiger partial charge in [0.05, 0.1) is 6.54 Å². The van der Waals surface area contributed by atoms with Gasteiger partial charge in [0.1, 0.15) is 5.54 Å². The minimum atomic E-state index is -1.13. The number of hydrogen-bond acceptors (Lipinski definition) is 4. The fourth-order valence-corrected chi connectivity index (χ4v) is 2.59. The summed E-state index contributed by atoms with van der Waals surface area (Å²) in [5.41, 5.74) is -1.13. The highest BCUT2D eigenvalue weighted by Gasteiger charge is 2.34. The van der Waals surface area contributed by atoms with Crippen LogP contribution in [-0.4, -0.2) is 41.1 Å². The first-order valence-corrected chi connectivity index (χ1v) is 7.52. The van der Waals surface area contributed by atoms with Crippen LogP contribution >= 0.6 is 0 Å². The van der Waals surface area contributed by atoms with E-state index >= 15 is 0 Å². The Balaban J connectivity index is 2.38. The summed E-state index contributed by atoms with van der Waals surface area (Å²) in [6.07, 6.45) is 4.78. The molecular formula is C14H25N3O4. The minimum absolute atomic E-state index is 0.134. The van der Waals surface area contributed by atoms with E-state index in [1.807, 2.05) is 0 Å². The van der Waals surface area contributed by atoms with Crippen LogP contribution in [0.3, 0.4) is 0 Å². The number of urea groups is 1. The Bertz CT molecular complexity index is 388. The van der Waals surface area contributed by atoms with Crippen LogP contribution in [0.4, 0.5) is 4.79 Å². The third-order valence-corrected chi connectivity index (χ3v) is 4.15. The van der Waals surface area contributed by atoms with Crippen LogP contribution in [0, 0.1) is 0 Å². The van der Waals surface area contributed by atoms with Gasteiger partial charge in [-0.25, -0.2) is 4.79 Å². The lowest BCUT2D eigenvalue weighted by Gasteiger charge is -2.27. The first-order chi connectivity index (χ1) is 9.93. The Kier molecular flexibility index (Phi) is 6.61. The molecule has 0 radical (unpaired) electrons. The maximum Gasteiger partial charge on any atom is 0.323 e. The van der Waals surface area contributed by atoms with Gasteiger partial charge in [-0.2, -0.15) is 0 Å². The molecule has 7 heteroatoms. The molecule has 1 aliphatic carbocycles. The van der Waals surface area contributed by atoms with Crippen LogP contribution in [0.25, 0.3) is 0 Å². The number of nitrogens with one attached hydrogen (secondary N) is 3. The molecule has 0 bridgehead atoms. The smallest absolute Gasteiger partial charge is 0.323 e. The lowest BCUT2D eigenvalue weighted by Crippen LogP contribution is -2.55. The molecule has 0 aromatic rings. The summed E-state index contributed by atoms with van der Waals surface area (Å²) >= 11 is 0. The molecule has 21 heavy (non-hydrogen) atoms. The zero-order valence-corrected chi connectivity index (χ0v) is 12.7. The van der Waals surface area contributed by atoms with E-state index in [0.717, 1.165) is 25.7 Å². The number of rotatable bonds is 7. The second kappa shape index (κ2) is 7.97. The van der Waals surface area contributed by atoms with E-state index < -0.39 is 23.4 Å². The molecule has 1 saturated carbocycles. The van der Waals surface area contributed by atoms with Crippen molar-refractivity contribution in [2.75, 3.05) is 6.54 Å². The van der Waals surface area contributed by atoms with Crippen molar-refractivity contribution in [2.45, 2.75) is 64.0 Å². The zero-order chi connectivity index (χ0) is 15.9. The van der Waals surface area contributed by atoms with E-state index in [1.54, 1.807) is 13.8 Å². The van der Waals surface area contributed by atoms with Crippen LogP contribution in [0.5, 0.6) is 0 Å². The van der Waals surface area contributed by atoms with Crippen molar-refractivity contribution in [1.29, 1.82) is 0 Å². The van der Waals surface area contributed by atoms with Gasteiger partial charge in [-0.3, -0.25) is 20.2 Å². The first kappa shape index (κ1) is 17.4. The molecule has 1 rings (SSSR count). The minimum Gasteiger partial charge on any atom is -0.480 e. The van der Waals surface area contributed by atoms with Crippen LogP contribution in [0.15, 0.2) is 0 Å². The number of carboxylic acid groups (broad SMARTS) is 1. The SMILES string of the molecule is CCC(CC)(NCC(=O)NC(=O)NC1CCCC1)C(=O)O. The number of aliphatic carboxylic acids is 1. The second-order valence-electron chi connectivity index (χ2n) is 5.45. The highest BCUT2D eigenvalue weighted by atomic mass is 16.4. The first-order valence-electron chi connectivity index (χ1n) is 7.52. The monoisotopic (exact) mass is 299 g/mol. The quantitative estimate of drug-likeness (QED) is 0.560. The molecule has 7 nitrogen and oxygen atoms in total. The van der Waals surface area contributed by atoms with Crippen molar-refractivity contribution in [3.05, 3.63) is 0 Å². The molecule has 4 N–H and O–H groups in total. The second-order valence-corrected chi connectivity index (χ2v) is 5.45. The van der Waals surface area contributed by atoms with Crippen molar-refractivity contribution in [1.82, 2.24) is 16.0 Å². The molecule has 120 valence electrons. The summed E-state index contributed by atoms with van der Waals surface area (Å²) in [6.45, 7) is 3.29. The predicted molar refractivity (Wildman–Crippen MR) is 77.9 cm³/mol. The maximum absolute atomic E-state index is 11.7. The number of carbonyl (C=O) groups excluding carboxylic acids is 2. The Labute approximate surface area is 124 Å². The summed E-state index contributed by atoms with van der Waals surface area (Å²) in [6, 6.07) is -0.377. The van der Waals surface area contributed by atoms with Gasteiger partial charge in [-0.1, -0.05) is 26.7 Å². The van der Waals surface area contributed by atoms with Gasteiger partial charge < -0.3 is 10.4 Å². The number of carbonyl (C=O) groups is 3. The highest BCUT2D eigenvalue weighted by Crippen LogP contribution is 2.17. The zero-order valence-electron chi connectivity index (χ0n) is 12.7. The Morgan fingerprint density at radius 2 is 1.71 bits per heavy atom. The number of imide groups is 1. The Morgan fingerprint density at radius 1 is 1.14 bits per heavy atom. The Morgan fingerprint density at radius 3 is 2.19 bits per heavy atom. The van der Waals surface area contributed by atoms with E-state index in [4.69, 9.17) is 0 Å². The normalized spacial score (nSPS) is 15.7. The molecule has 0 aliphatic heterocycles. The highest BCUT2D eigenvalue weighted by molar-refractivity contribution is 5.95. The van der Waals surface area contributed by atoms with E-state index in [2.05, 4.69) is 16.0 Å². The van der Waals surface area contributed by atoms with E-state index in [-0.39, 0.29) is 12.6 Å². The van der Waals surface area contributed by atoms with Gasteiger partial charge in [0.2, 0.25) is 5.91 Å². The predicted octanol–water partition coefficient (Wildman–Crippen LogP) is 0.988. The Hall–Kier alpha value is -1.63. The molecule has 0 saturated heterocycles. The van der Waals surface area contributed by atoms with Gasteiger partial charge in [0.15, 0.2) is 0 Å². The molecule has 0 spiro atoms. The summed E-state index contributed by atoms with van der Waals surface area (Å²) in [5, 5.41) is 16.9. The van der Waals surface area contributed by atoms with Gasteiger partial charge in [-0.05, 0) is 25.7 Å². The molecule has 0 heterocycles. The average Bonchev–Trinajstić information content (AvgIpc) is 2.92. The van der Waals surface area contributed by atoms with Gasteiger partial charge in [-0.15, -0.1) is 0 Å². The van der Waals surface area contributed by atoms with E-state index in [0.29, 0.717) is 12.8 Å². The molecule has 0 atom stereocenters. The van der Waals surface area contributed by atoms with Crippen molar-refractivity contribution in [3.63, 3.8) is 0 Å². The van der Waals surface area contributed by atoms with Crippen LogP contribution in [0.2, 0.25) is 0 Å². The van der Waals surface area contributed by atoms with E-state index in [1.165, 1.54) is 0 Å². The molecule has 1 aliphatic rings. The van der Waals surface area contributed by atoms with Crippen molar-refractivity contribution in [3.8, 4) is 0 Å². The van der Waals surface area contributed by atoms with Crippen LogP contribution < -0.4 is 16.0 Å². The van der Waals surface area contributed by atoms with Crippen molar-refractivity contribution >= 4 is 17.9 Å². The summed E-state index contributed by atoms with van der Waals surface area (Å²) in [5.74, 6) is -1.52. The average molecular weight is 299 g/mol. The fraction of sp³-hybridized carbons (Fsp3) is 0.786. The van der Waals surface area contributed by atoms with Gasteiger partial charge in [0.25, 0.3) is 0 Å². The van der Waals surface area contributed by atoms with Crippen molar-refractivity contribution < 1.29 is 19.5 Å². The van der Waals surface area contributed by atoms with Crippen LogP contribution in [-0.2, 0) is 9.59 Å². The van der Waals surface area contributed by atoms with E-state index in [9.17, 15) is 19.5 Å². The summed E-state index contributed by atoms with van der Waals surface area (Å²) < 4.78 is 0. The fourth-order valence-electron chi connectivity index (χ4n) is 2.59. The van der Waals surface area contributed by atoms with Crippen LogP contribution in [0.1, 0.15) is 52.4 Å². The number of amides is 3. The molecule has 0 unspecified atom stereocenters. The molecule has 3 amide bonds.